The number of aliphatic hydroxyl groups is 1. The van der Waals surface area contributed by atoms with Crippen molar-refractivity contribution in [3.05, 3.63) is 29.3 Å². The van der Waals surface area contributed by atoms with Crippen LogP contribution < -0.4 is 10.5 Å². The maximum absolute atomic E-state index is 9.17. The summed E-state index contributed by atoms with van der Waals surface area (Å²) in [6.45, 7) is 0.130. The Balaban J connectivity index is 2.66. The highest BCUT2D eigenvalue weighted by Gasteiger charge is 2.19. The van der Waals surface area contributed by atoms with Crippen LogP contribution in [-0.2, 0) is 4.74 Å². The predicted octanol–water partition coefficient (Wildman–Crippen LogP) is 1.05. The molecule has 0 heterocycles. The second kappa shape index (κ2) is 6.70. The first kappa shape index (κ1) is 13.3. The van der Waals surface area contributed by atoms with Crippen LogP contribution in [0.1, 0.15) is 0 Å². The number of methoxy groups -OCH3 is 1. The summed E-state index contributed by atoms with van der Waals surface area (Å²) in [5.41, 5.74) is 5.78. The van der Waals surface area contributed by atoms with E-state index in [0.29, 0.717) is 17.4 Å². The van der Waals surface area contributed by atoms with Gasteiger partial charge in [0.15, 0.2) is 0 Å². The van der Waals surface area contributed by atoms with Gasteiger partial charge >= 0.3 is 0 Å². The Kier molecular flexibility index (Phi) is 5.55. The van der Waals surface area contributed by atoms with Crippen molar-refractivity contribution < 1.29 is 14.6 Å². The van der Waals surface area contributed by atoms with Crippen molar-refractivity contribution in [3.8, 4) is 5.75 Å². The minimum atomic E-state index is -0.528. The van der Waals surface area contributed by atoms with E-state index in [9.17, 15) is 5.11 Å². The van der Waals surface area contributed by atoms with Gasteiger partial charge in [0.1, 0.15) is 11.9 Å². The molecule has 0 aromatic heterocycles. The molecule has 1 aromatic rings. The molecule has 1 rings (SSSR count). The summed E-state index contributed by atoms with van der Waals surface area (Å²) in [7, 11) is 1.55. The molecule has 4 nitrogen and oxygen atoms in total. The molecule has 0 aliphatic rings. The first-order chi connectivity index (χ1) is 7.69. The summed E-state index contributed by atoms with van der Waals surface area (Å²) in [6, 6.07) is 6.65. The van der Waals surface area contributed by atoms with E-state index in [1.54, 1.807) is 31.4 Å². The highest BCUT2D eigenvalue weighted by molar-refractivity contribution is 6.32. The Labute approximate surface area is 99.9 Å². The molecule has 5 heteroatoms. The largest absolute Gasteiger partial charge is 0.485 e. The van der Waals surface area contributed by atoms with Crippen LogP contribution in [0.2, 0.25) is 5.02 Å². The Hall–Kier alpha value is -0.810. The number of hydrogen-bond acceptors (Lipinski definition) is 4. The second-order valence-electron chi connectivity index (χ2n) is 3.39. The summed E-state index contributed by atoms with van der Waals surface area (Å²) in [5.74, 6) is 0.509. The molecule has 0 amide bonds. The van der Waals surface area contributed by atoms with E-state index in [-0.39, 0.29) is 6.61 Å². The van der Waals surface area contributed by atoms with Crippen LogP contribution in [0.25, 0.3) is 0 Å². The molecular weight excluding hydrogens is 230 g/mol. The summed E-state index contributed by atoms with van der Waals surface area (Å²) in [6.07, 6.45) is -0.528. The molecule has 0 saturated carbocycles. The van der Waals surface area contributed by atoms with Gasteiger partial charge in [0, 0.05) is 7.11 Å². The van der Waals surface area contributed by atoms with Crippen molar-refractivity contribution in [2.24, 2.45) is 5.73 Å². The fourth-order valence-corrected chi connectivity index (χ4v) is 1.44. The Morgan fingerprint density at radius 3 is 2.69 bits per heavy atom. The maximum atomic E-state index is 9.17. The van der Waals surface area contributed by atoms with Gasteiger partial charge < -0.3 is 20.3 Å². The molecule has 16 heavy (non-hydrogen) atoms. The maximum Gasteiger partial charge on any atom is 0.139 e. The van der Waals surface area contributed by atoms with Crippen LogP contribution in [0, 0.1) is 0 Å². The summed E-state index contributed by atoms with van der Waals surface area (Å²) in [5, 5.41) is 9.66. The highest BCUT2D eigenvalue weighted by Crippen LogP contribution is 2.24. The minimum Gasteiger partial charge on any atom is -0.485 e. The third-order valence-electron chi connectivity index (χ3n) is 2.13. The Morgan fingerprint density at radius 2 is 2.12 bits per heavy atom. The second-order valence-corrected chi connectivity index (χ2v) is 3.80. The SMILES string of the molecule is COCC(N)C(CO)Oc1ccccc1Cl. The lowest BCUT2D eigenvalue weighted by molar-refractivity contribution is 0.0606. The highest BCUT2D eigenvalue weighted by atomic mass is 35.5. The number of ether oxygens (including phenoxy) is 2. The molecule has 90 valence electrons. The van der Waals surface area contributed by atoms with E-state index in [0.717, 1.165) is 0 Å². The van der Waals surface area contributed by atoms with Crippen molar-refractivity contribution >= 4 is 11.6 Å². The monoisotopic (exact) mass is 245 g/mol. The van der Waals surface area contributed by atoms with E-state index in [1.165, 1.54) is 0 Å². The van der Waals surface area contributed by atoms with Gasteiger partial charge in [-0.25, -0.2) is 0 Å². The standard InChI is InChI=1S/C11H16ClNO3/c1-15-7-9(13)11(6-14)16-10-5-3-2-4-8(10)12/h2-5,9,11,14H,6-7,13H2,1H3. The van der Waals surface area contributed by atoms with Gasteiger partial charge in [-0.15, -0.1) is 0 Å². The van der Waals surface area contributed by atoms with Crippen LogP contribution >= 0.6 is 11.6 Å². The first-order valence-corrected chi connectivity index (χ1v) is 5.33. The molecule has 0 spiro atoms. The van der Waals surface area contributed by atoms with Crippen molar-refractivity contribution in [2.45, 2.75) is 12.1 Å². The quantitative estimate of drug-likeness (QED) is 0.787. The lowest BCUT2D eigenvalue weighted by atomic mass is 10.2. The third kappa shape index (κ3) is 3.64. The van der Waals surface area contributed by atoms with Gasteiger partial charge in [-0.1, -0.05) is 23.7 Å². The van der Waals surface area contributed by atoms with Crippen molar-refractivity contribution in [1.29, 1.82) is 0 Å². The topological polar surface area (TPSA) is 64.7 Å². The van der Waals surface area contributed by atoms with Gasteiger partial charge in [0.05, 0.1) is 24.3 Å². The van der Waals surface area contributed by atoms with E-state index in [1.807, 2.05) is 0 Å². The number of aliphatic hydroxyl groups excluding tert-OH is 1. The molecule has 0 fully saturated rings. The van der Waals surface area contributed by atoms with E-state index >= 15 is 0 Å². The van der Waals surface area contributed by atoms with Crippen LogP contribution in [0.4, 0.5) is 0 Å². The fraction of sp³-hybridized carbons (Fsp3) is 0.455. The van der Waals surface area contributed by atoms with E-state index in [4.69, 9.17) is 26.8 Å². The van der Waals surface area contributed by atoms with Gasteiger partial charge in [-0.2, -0.15) is 0 Å². The summed E-state index contributed by atoms with van der Waals surface area (Å²) >= 11 is 5.93. The van der Waals surface area contributed by atoms with Crippen molar-refractivity contribution in [1.82, 2.24) is 0 Å². The molecule has 2 atom stereocenters. The zero-order chi connectivity index (χ0) is 12.0. The number of benzene rings is 1. The molecule has 0 radical (unpaired) electrons. The number of halogens is 1. The van der Waals surface area contributed by atoms with Crippen LogP contribution in [-0.4, -0.2) is 37.6 Å². The van der Waals surface area contributed by atoms with Crippen molar-refractivity contribution in [2.75, 3.05) is 20.3 Å². The zero-order valence-corrected chi connectivity index (χ0v) is 9.85. The lowest BCUT2D eigenvalue weighted by Crippen LogP contribution is -2.44. The lowest BCUT2D eigenvalue weighted by Gasteiger charge is -2.23. The Bertz CT molecular complexity index is 322. The average molecular weight is 246 g/mol. The van der Waals surface area contributed by atoms with Crippen LogP contribution in [0.3, 0.4) is 0 Å². The molecule has 2 unspecified atom stereocenters. The smallest absolute Gasteiger partial charge is 0.139 e. The van der Waals surface area contributed by atoms with Gasteiger partial charge in [-0.05, 0) is 12.1 Å². The van der Waals surface area contributed by atoms with Gasteiger partial charge in [0.25, 0.3) is 0 Å². The number of hydrogen-bond donors (Lipinski definition) is 2. The predicted molar refractivity (Wildman–Crippen MR) is 62.8 cm³/mol. The molecule has 3 N–H and O–H groups in total. The molecule has 0 aliphatic carbocycles. The molecular formula is C11H16ClNO3. The minimum absolute atomic E-state index is 0.185. The van der Waals surface area contributed by atoms with Crippen molar-refractivity contribution in [3.63, 3.8) is 0 Å². The zero-order valence-electron chi connectivity index (χ0n) is 9.10. The van der Waals surface area contributed by atoms with E-state index < -0.39 is 12.1 Å². The van der Waals surface area contributed by atoms with Gasteiger partial charge in [0.2, 0.25) is 0 Å². The summed E-state index contributed by atoms with van der Waals surface area (Å²) in [4.78, 5) is 0. The first-order valence-electron chi connectivity index (χ1n) is 4.95. The fourth-order valence-electron chi connectivity index (χ4n) is 1.26. The molecule has 0 bridgehead atoms. The normalized spacial score (nSPS) is 14.5. The molecule has 0 aliphatic heterocycles. The van der Waals surface area contributed by atoms with E-state index in [2.05, 4.69) is 0 Å². The molecule has 1 aromatic carbocycles. The number of para-hydroxylation sites is 1. The summed E-state index contributed by atoms with van der Waals surface area (Å²) < 4.78 is 10.4. The number of rotatable bonds is 6. The average Bonchev–Trinajstić information content (AvgIpc) is 2.28. The third-order valence-corrected chi connectivity index (χ3v) is 2.44. The van der Waals surface area contributed by atoms with Crippen LogP contribution in [0.5, 0.6) is 5.75 Å². The molecule has 0 saturated heterocycles. The Morgan fingerprint density at radius 1 is 1.44 bits per heavy atom. The number of nitrogens with two attached hydrogens (primary N) is 1. The van der Waals surface area contributed by atoms with Gasteiger partial charge in [-0.3, -0.25) is 0 Å². The van der Waals surface area contributed by atoms with Crippen LogP contribution in [0.15, 0.2) is 24.3 Å².